The maximum Gasteiger partial charge on any atom is 0.308 e. The number of para-hydroxylation sites is 2. The molecule has 2 amide bonds. The maximum absolute atomic E-state index is 12.3. The van der Waals surface area contributed by atoms with Crippen molar-refractivity contribution in [2.45, 2.75) is 32.3 Å². The SMILES string of the molecule is C[C@H](OC(=O)CCN1C(=O)COc2ccccc21)C(=O)NC[C@H](C)c1ccccc1. The van der Waals surface area contributed by atoms with Crippen molar-refractivity contribution in [3.63, 3.8) is 0 Å². The second-order valence-corrected chi connectivity index (χ2v) is 7.24. The van der Waals surface area contributed by atoms with Crippen LogP contribution in [0.1, 0.15) is 31.7 Å². The number of hydrogen-bond acceptors (Lipinski definition) is 5. The minimum absolute atomic E-state index is 0.0158. The van der Waals surface area contributed by atoms with Crippen molar-refractivity contribution >= 4 is 23.5 Å². The zero-order valence-electron chi connectivity index (χ0n) is 17.2. The molecule has 3 rings (SSSR count). The van der Waals surface area contributed by atoms with Gasteiger partial charge in [-0.15, -0.1) is 0 Å². The van der Waals surface area contributed by atoms with Crippen molar-refractivity contribution in [1.82, 2.24) is 5.32 Å². The van der Waals surface area contributed by atoms with Gasteiger partial charge in [0.15, 0.2) is 12.7 Å². The first-order valence-corrected chi connectivity index (χ1v) is 10.00. The topological polar surface area (TPSA) is 84.9 Å². The van der Waals surface area contributed by atoms with Gasteiger partial charge in [-0.05, 0) is 30.5 Å². The minimum Gasteiger partial charge on any atom is -0.482 e. The van der Waals surface area contributed by atoms with Crippen LogP contribution in [0.25, 0.3) is 0 Å². The molecule has 2 aromatic rings. The lowest BCUT2D eigenvalue weighted by Crippen LogP contribution is -2.41. The van der Waals surface area contributed by atoms with Gasteiger partial charge in [0.25, 0.3) is 11.8 Å². The molecule has 1 aliphatic heterocycles. The van der Waals surface area contributed by atoms with Crippen LogP contribution in [0.4, 0.5) is 5.69 Å². The van der Waals surface area contributed by atoms with Crippen LogP contribution in [0.3, 0.4) is 0 Å². The number of carbonyl (C=O) groups is 3. The molecule has 0 radical (unpaired) electrons. The van der Waals surface area contributed by atoms with Crippen LogP contribution < -0.4 is 15.0 Å². The number of amides is 2. The molecular formula is C23H26N2O5. The molecule has 1 N–H and O–H groups in total. The van der Waals surface area contributed by atoms with Gasteiger partial charge in [0.05, 0.1) is 12.1 Å². The Bertz CT molecular complexity index is 899. The quantitative estimate of drug-likeness (QED) is 0.677. The van der Waals surface area contributed by atoms with E-state index in [-0.39, 0.29) is 37.3 Å². The van der Waals surface area contributed by atoms with Crippen LogP contribution in [0.5, 0.6) is 5.75 Å². The molecule has 2 aromatic carbocycles. The highest BCUT2D eigenvalue weighted by Crippen LogP contribution is 2.31. The first-order valence-electron chi connectivity index (χ1n) is 10.00. The minimum atomic E-state index is -0.909. The highest BCUT2D eigenvalue weighted by atomic mass is 16.5. The van der Waals surface area contributed by atoms with Gasteiger partial charge in [-0.25, -0.2) is 0 Å². The Kier molecular flexibility index (Phi) is 7.06. The van der Waals surface area contributed by atoms with Crippen molar-refractivity contribution in [3.8, 4) is 5.75 Å². The van der Waals surface area contributed by atoms with Gasteiger partial charge in [-0.1, -0.05) is 49.4 Å². The lowest BCUT2D eigenvalue weighted by atomic mass is 10.0. The molecule has 0 fully saturated rings. The van der Waals surface area contributed by atoms with Gasteiger partial charge in [0.1, 0.15) is 5.75 Å². The molecular weight excluding hydrogens is 384 g/mol. The molecule has 1 aliphatic rings. The van der Waals surface area contributed by atoms with Crippen LogP contribution in [-0.2, 0) is 19.1 Å². The van der Waals surface area contributed by atoms with Gasteiger partial charge < -0.3 is 19.7 Å². The third-order valence-corrected chi connectivity index (χ3v) is 4.98. The van der Waals surface area contributed by atoms with Crippen LogP contribution in [-0.4, -0.2) is 43.6 Å². The average Bonchev–Trinajstić information content (AvgIpc) is 2.77. The number of esters is 1. The van der Waals surface area contributed by atoms with Crippen molar-refractivity contribution in [2.24, 2.45) is 0 Å². The van der Waals surface area contributed by atoms with Gasteiger partial charge in [-0.3, -0.25) is 14.4 Å². The molecule has 2 atom stereocenters. The van der Waals surface area contributed by atoms with Crippen LogP contribution in [0.2, 0.25) is 0 Å². The van der Waals surface area contributed by atoms with E-state index in [1.54, 1.807) is 18.2 Å². The van der Waals surface area contributed by atoms with Gasteiger partial charge >= 0.3 is 5.97 Å². The summed E-state index contributed by atoms with van der Waals surface area (Å²) in [6.45, 7) is 4.10. The number of benzene rings is 2. The second-order valence-electron chi connectivity index (χ2n) is 7.24. The fraction of sp³-hybridized carbons (Fsp3) is 0.348. The van der Waals surface area contributed by atoms with E-state index in [4.69, 9.17) is 9.47 Å². The summed E-state index contributed by atoms with van der Waals surface area (Å²) < 4.78 is 10.6. The van der Waals surface area contributed by atoms with E-state index in [9.17, 15) is 14.4 Å². The summed E-state index contributed by atoms with van der Waals surface area (Å²) in [4.78, 5) is 38.1. The number of ether oxygens (including phenoxy) is 2. The predicted octanol–water partition coefficient (Wildman–Crippen LogP) is 2.65. The molecule has 7 heteroatoms. The normalized spacial score (nSPS) is 14.9. The highest BCUT2D eigenvalue weighted by Gasteiger charge is 2.26. The summed E-state index contributed by atoms with van der Waals surface area (Å²) in [5.41, 5.74) is 1.75. The van der Waals surface area contributed by atoms with E-state index in [1.807, 2.05) is 43.3 Å². The lowest BCUT2D eigenvalue weighted by molar-refractivity contribution is -0.154. The number of nitrogens with one attached hydrogen (secondary N) is 1. The monoisotopic (exact) mass is 410 g/mol. The number of nitrogens with zero attached hydrogens (tertiary/aromatic N) is 1. The molecule has 0 saturated heterocycles. The molecule has 7 nitrogen and oxygen atoms in total. The zero-order chi connectivity index (χ0) is 21.5. The number of fused-ring (bicyclic) bond motifs is 1. The summed E-state index contributed by atoms with van der Waals surface area (Å²) in [5.74, 6) is -0.358. The Morgan fingerprint density at radius 2 is 1.80 bits per heavy atom. The largest absolute Gasteiger partial charge is 0.482 e. The first kappa shape index (κ1) is 21.4. The second kappa shape index (κ2) is 9.91. The summed E-state index contributed by atoms with van der Waals surface area (Å²) >= 11 is 0. The van der Waals surface area contributed by atoms with E-state index in [0.29, 0.717) is 18.0 Å². The third-order valence-electron chi connectivity index (χ3n) is 4.98. The molecule has 0 spiro atoms. The Morgan fingerprint density at radius 3 is 2.57 bits per heavy atom. The lowest BCUT2D eigenvalue weighted by Gasteiger charge is -2.29. The molecule has 158 valence electrons. The summed E-state index contributed by atoms with van der Waals surface area (Å²) in [6, 6.07) is 17.0. The van der Waals surface area contributed by atoms with E-state index in [2.05, 4.69) is 5.32 Å². The van der Waals surface area contributed by atoms with Crippen LogP contribution >= 0.6 is 0 Å². The molecule has 0 saturated carbocycles. The summed E-state index contributed by atoms with van der Waals surface area (Å²) in [7, 11) is 0. The maximum atomic E-state index is 12.3. The van der Waals surface area contributed by atoms with Gasteiger partial charge in [-0.2, -0.15) is 0 Å². The highest BCUT2D eigenvalue weighted by molar-refractivity contribution is 5.98. The van der Waals surface area contributed by atoms with Crippen molar-refractivity contribution in [1.29, 1.82) is 0 Å². The number of anilines is 1. The van der Waals surface area contributed by atoms with E-state index in [0.717, 1.165) is 5.56 Å². The van der Waals surface area contributed by atoms with Crippen molar-refractivity contribution in [3.05, 3.63) is 60.2 Å². The van der Waals surface area contributed by atoms with E-state index in [1.165, 1.54) is 11.8 Å². The molecule has 0 aromatic heterocycles. The van der Waals surface area contributed by atoms with Gasteiger partial charge in [0.2, 0.25) is 0 Å². The molecule has 0 aliphatic carbocycles. The standard InChI is InChI=1S/C23H26N2O5/c1-16(18-8-4-3-5-9-18)14-24-23(28)17(2)30-22(27)12-13-25-19-10-6-7-11-20(19)29-15-21(25)26/h3-11,16-17H,12-15H2,1-2H3,(H,24,28)/t16-,17-/m0/s1. The van der Waals surface area contributed by atoms with E-state index >= 15 is 0 Å². The fourth-order valence-corrected chi connectivity index (χ4v) is 3.21. The Labute approximate surface area is 176 Å². The third kappa shape index (κ3) is 5.37. The number of hydrogen-bond donors (Lipinski definition) is 1. The Balaban J connectivity index is 1.45. The molecule has 30 heavy (non-hydrogen) atoms. The summed E-state index contributed by atoms with van der Waals surface area (Å²) in [6.07, 6.45) is -0.925. The zero-order valence-corrected chi connectivity index (χ0v) is 17.2. The summed E-state index contributed by atoms with van der Waals surface area (Å²) in [5, 5.41) is 2.81. The van der Waals surface area contributed by atoms with Crippen molar-refractivity contribution < 1.29 is 23.9 Å². The van der Waals surface area contributed by atoms with Gasteiger partial charge in [0, 0.05) is 13.1 Å². The Morgan fingerprint density at radius 1 is 1.10 bits per heavy atom. The number of rotatable bonds is 8. The van der Waals surface area contributed by atoms with Crippen LogP contribution in [0, 0.1) is 0 Å². The Hall–Kier alpha value is -3.35. The molecule has 0 unspecified atom stereocenters. The fourth-order valence-electron chi connectivity index (χ4n) is 3.21. The predicted molar refractivity (Wildman–Crippen MR) is 112 cm³/mol. The first-order chi connectivity index (χ1) is 14.5. The average molecular weight is 410 g/mol. The number of carbonyl (C=O) groups excluding carboxylic acids is 3. The van der Waals surface area contributed by atoms with Crippen LogP contribution in [0.15, 0.2) is 54.6 Å². The van der Waals surface area contributed by atoms with E-state index < -0.39 is 12.1 Å². The van der Waals surface area contributed by atoms with Crippen molar-refractivity contribution in [2.75, 3.05) is 24.6 Å². The smallest absolute Gasteiger partial charge is 0.308 e. The molecule has 0 bridgehead atoms. The molecule has 1 heterocycles.